The van der Waals surface area contributed by atoms with Crippen molar-refractivity contribution in [1.29, 1.82) is 0 Å². The van der Waals surface area contributed by atoms with Gasteiger partial charge in [-0.15, -0.1) is 0 Å². The molecule has 0 bridgehead atoms. The van der Waals surface area contributed by atoms with Crippen molar-refractivity contribution >= 4 is 22.7 Å². The minimum atomic E-state index is 0.394. The van der Waals surface area contributed by atoms with E-state index < -0.39 is 0 Å². The fourth-order valence-corrected chi connectivity index (χ4v) is 3.14. The minimum Gasteiger partial charge on any atom is -0.312 e. The van der Waals surface area contributed by atoms with Gasteiger partial charge in [0.2, 0.25) is 0 Å². The number of benzene rings is 1. The molecule has 1 aromatic carbocycles. The molecule has 0 aliphatic heterocycles. The monoisotopic (exact) mass is 274 g/mol. The quantitative estimate of drug-likeness (QED) is 0.861. The lowest BCUT2D eigenvalue weighted by Gasteiger charge is -2.18. The van der Waals surface area contributed by atoms with E-state index in [0.29, 0.717) is 6.04 Å². The number of nitrogens with one attached hydrogen (secondary N) is 1. The van der Waals surface area contributed by atoms with Crippen molar-refractivity contribution in [2.24, 2.45) is 0 Å². The highest BCUT2D eigenvalue weighted by molar-refractivity contribution is 7.99. The molecule has 2 atom stereocenters. The predicted octanol–water partition coefficient (Wildman–Crippen LogP) is 4.03. The molecule has 0 aliphatic carbocycles. The van der Waals surface area contributed by atoms with E-state index in [4.69, 9.17) is 0 Å². The molecule has 0 spiro atoms. The highest BCUT2D eigenvalue weighted by atomic mass is 32.2. The van der Waals surface area contributed by atoms with Gasteiger partial charge in [-0.3, -0.25) is 4.98 Å². The van der Waals surface area contributed by atoms with Crippen LogP contribution in [0.2, 0.25) is 0 Å². The highest BCUT2D eigenvalue weighted by Crippen LogP contribution is 2.24. The van der Waals surface area contributed by atoms with Crippen molar-refractivity contribution in [3.63, 3.8) is 0 Å². The zero-order chi connectivity index (χ0) is 13.7. The number of fused-ring (bicyclic) bond motifs is 1. The molecule has 2 nitrogen and oxygen atoms in total. The van der Waals surface area contributed by atoms with E-state index in [-0.39, 0.29) is 0 Å². The molecule has 2 unspecified atom stereocenters. The largest absolute Gasteiger partial charge is 0.312 e. The van der Waals surface area contributed by atoms with Crippen LogP contribution >= 0.6 is 11.8 Å². The molecule has 0 fully saturated rings. The number of rotatable bonds is 6. The Labute approximate surface area is 120 Å². The number of nitrogens with zero attached hydrogens (tertiary/aromatic N) is 1. The average Bonchev–Trinajstić information content (AvgIpc) is 2.47. The van der Waals surface area contributed by atoms with Crippen LogP contribution in [0.15, 0.2) is 36.5 Å². The van der Waals surface area contributed by atoms with Crippen molar-refractivity contribution in [1.82, 2.24) is 10.3 Å². The second-order valence-corrected chi connectivity index (χ2v) is 6.32. The number of hydrogen-bond acceptors (Lipinski definition) is 3. The maximum absolute atomic E-state index is 4.44. The van der Waals surface area contributed by atoms with E-state index in [1.165, 1.54) is 17.4 Å². The summed E-state index contributed by atoms with van der Waals surface area (Å²) in [5.41, 5.74) is 2.40. The molecule has 0 saturated heterocycles. The molecule has 1 aromatic heterocycles. The van der Waals surface area contributed by atoms with Crippen LogP contribution in [0.1, 0.15) is 31.9 Å². The summed E-state index contributed by atoms with van der Waals surface area (Å²) in [5, 5.41) is 5.34. The van der Waals surface area contributed by atoms with Gasteiger partial charge in [-0.05, 0) is 31.2 Å². The number of hydrogen-bond donors (Lipinski definition) is 1. The first kappa shape index (κ1) is 14.4. The van der Waals surface area contributed by atoms with Gasteiger partial charge < -0.3 is 5.32 Å². The fraction of sp³-hybridized carbons (Fsp3) is 0.438. The van der Waals surface area contributed by atoms with Crippen molar-refractivity contribution in [3.8, 4) is 0 Å². The van der Waals surface area contributed by atoms with E-state index in [2.05, 4.69) is 48.4 Å². The molecule has 0 radical (unpaired) electrons. The maximum Gasteiger partial charge on any atom is 0.0705 e. The molecule has 2 rings (SSSR count). The second-order valence-electron chi connectivity index (χ2n) is 4.85. The van der Waals surface area contributed by atoms with E-state index in [1.807, 2.05) is 31.1 Å². The van der Waals surface area contributed by atoms with Gasteiger partial charge in [-0.1, -0.05) is 32.0 Å². The summed E-state index contributed by atoms with van der Waals surface area (Å²) >= 11 is 2.03. The zero-order valence-electron chi connectivity index (χ0n) is 11.9. The van der Waals surface area contributed by atoms with Crippen LogP contribution in [-0.4, -0.2) is 23.0 Å². The number of pyridine rings is 1. The first-order chi connectivity index (χ1) is 9.24. The maximum atomic E-state index is 4.44. The van der Waals surface area contributed by atoms with Gasteiger partial charge in [0.1, 0.15) is 0 Å². The molecule has 0 saturated carbocycles. The van der Waals surface area contributed by atoms with Crippen LogP contribution in [0, 0.1) is 0 Å². The Morgan fingerprint density at radius 3 is 2.89 bits per heavy atom. The lowest BCUT2D eigenvalue weighted by molar-refractivity contribution is 0.660. The van der Waals surface area contributed by atoms with Gasteiger partial charge in [0.05, 0.1) is 5.52 Å². The van der Waals surface area contributed by atoms with Crippen LogP contribution < -0.4 is 5.32 Å². The van der Waals surface area contributed by atoms with Crippen LogP contribution in [0.3, 0.4) is 0 Å². The van der Waals surface area contributed by atoms with Gasteiger partial charge in [0.15, 0.2) is 0 Å². The second kappa shape index (κ2) is 6.92. The van der Waals surface area contributed by atoms with Crippen molar-refractivity contribution < 1.29 is 0 Å². The number of thioether (sulfide) groups is 1. The Bertz CT molecular complexity index is 527. The Kier molecular flexibility index (Phi) is 5.23. The average molecular weight is 274 g/mol. The summed E-state index contributed by atoms with van der Waals surface area (Å²) in [6.07, 6.45) is 3.08. The predicted molar refractivity (Wildman–Crippen MR) is 85.8 cm³/mol. The van der Waals surface area contributed by atoms with Gasteiger partial charge in [0.25, 0.3) is 0 Å². The lowest BCUT2D eigenvalue weighted by Crippen LogP contribution is -2.19. The molecule has 1 N–H and O–H groups in total. The Hall–Kier alpha value is -1.06. The third-order valence-electron chi connectivity index (χ3n) is 3.50. The molecule has 2 aromatic rings. The van der Waals surface area contributed by atoms with Crippen molar-refractivity contribution in [2.45, 2.75) is 31.6 Å². The summed E-state index contributed by atoms with van der Waals surface area (Å²) < 4.78 is 0. The SMILES string of the molecule is CCC(C)SCC(NC)c1ccc2cccnc2c1. The molecule has 0 amide bonds. The zero-order valence-corrected chi connectivity index (χ0v) is 12.7. The normalized spacial score (nSPS) is 14.5. The standard InChI is InChI=1S/C16H22N2S/c1-4-12(2)19-11-16(17-3)14-8-7-13-6-5-9-18-15(13)10-14/h5-10,12,16-17H,4,11H2,1-3H3. The Morgan fingerprint density at radius 2 is 2.16 bits per heavy atom. The smallest absolute Gasteiger partial charge is 0.0705 e. The van der Waals surface area contributed by atoms with E-state index in [9.17, 15) is 0 Å². The molecule has 19 heavy (non-hydrogen) atoms. The first-order valence-electron chi connectivity index (χ1n) is 6.88. The van der Waals surface area contributed by atoms with Crippen LogP contribution in [-0.2, 0) is 0 Å². The summed E-state index contributed by atoms with van der Waals surface area (Å²) in [7, 11) is 2.03. The van der Waals surface area contributed by atoms with Gasteiger partial charge in [0, 0.05) is 28.6 Å². The van der Waals surface area contributed by atoms with E-state index >= 15 is 0 Å². The van der Waals surface area contributed by atoms with Gasteiger partial charge in [-0.2, -0.15) is 11.8 Å². The fourth-order valence-electron chi connectivity index (χ4n) is 2.02. The summed E-state index contributed by atoms with van der Waals surface area (Å²) in [5.74, 6) is 1.10. The van der Waals surface area contributed by atoms with E-state index in [1.54, 1.807) is 0 Å². The molecule has 3 heteroatoms. The topological polar surface area (TPSA) is 24.9 Å². The molecule has 102 valence electrons. The third kappa shape index (κ3) is 3.71. The van der Waals surface area contributed by atoms with Crippen molar-refractivity contribution in [2.75, 3.05) is 12.8 Å². The Balaban J connectivity index is 2.15. The molecule has 0 aliphatic rings. The number of aromatic nitrogens is 1. The summed E-state index contributed by atoms with van der Waals surface area (Å²) in [6, 6.07) is 11.1. The van der Waals surface area contributed by atoms with Crippen LogP contribution in [0.4, 0.5) is 0 Å². The van der Waals surface area contributed by atoms with Gasteiger partial charge >= 0.3 is 0 Å². The minimum absolute atomic E-state index is 0.394. The summed E-state index contributed by atoms with van der Waals surface area (Å²) in [6.45, 7) is 4.53. The van der Waals surface area contributed by atoms with Crippen LogP contribution in [0.5, 0.6) is 0 Å². The van der Waals surface area contributed by atoms with Crippen LogP contribution in [0.25, 0.3) is 10.9 Å². The van der Waals surface area contributed by atoms with Gasteiger partial charge in [-0.25, -0.2) is 0 Å². The third-order valence-corrected chi connectivity index (χ3v) is 4.93. The molecule has 1 heterocycles. The Morgan fingerprint density at radius 1 is 1.32 bits per heavy atom. The molecular weight excluding hydrogens is 252 g/mol. The lowest BCUT2D eigenvalue weighted by atomic mass is 10.1. The van der Waals surface area contributed by atoms with E-state index in [0.717, 1.165) is 16.5 Å². The highest BCUT2D eigenvalue weighted by Gasteiger charge is 2.11. The first-order valence-corrected chi connectivity index (χ1v) is 7.93. The van der Waals surface area contributed by atoms with Crippen molar-refractivity contribution in [3.05, 3.63) is 42.1 Å². The molecular formula is C16H22N2S. The summed E-state index contributed by atoms with van der Waals surface area (Å²) in [4.78, 5) is 4.44.